The van der Waals surface area contributed by atoms with Gasteiger partial charge in [-0.25, -0.2) is 0 Å². The zero-order chi connectivity index (χ0) is 11.7. The summed E-state index contributed by atoms with van der Waals surface area (Å²) in [5.41, 5.74) is 0. The smallest absolute Gasteiger partial charge is 0.223 e. The monoisotopic (exact) mass is 214 g/mol. The van der Waals surface area contributed by atoms with Gasteiger partial charge in [-0.3, -0.25) is 9.59 Å². The summed E-state index contributed by atoms with van der Waals surface area (Å²) in [6.45, 7) is 6.84. The number of rotatable bonds is 7. The van der Waals surface area contributed by atoms with Crippen molar-refractivity contribution in [3.63, 3.8) is 0 Å². The van der Waals surface area contributed by atoms with Crippen molar-refractivity contribution in [2.45, 2.75) is 40.0 Å². The number of hydrogen-bond donors (Lipinski definition) is 2. The summed E-state index contributed by atoms with van der Waals surface area (Å²) < 4.78 is 0. The molecule has 0 unspecified atom stereocenters. The molecule has 0 aromatic carbocycles. The summed E-state index contributed by atoms with van der Waals surface area (Å²) in [6.07, 6.45) is 2.22. The third-order valence-corrected chi connectivity index (χ3v) is 2.42. The normalized spacial score (nSPS) is 10.1. The van der Waals surface area contributed by atoms with Crippen molar-refractivity contribution in [2.75, 3.05) is 13.1 Å². The summed E-state index contributed by atoms with van der Waals surface area (Å²) in [6, 6.07) is 0. The Morgan fingerprint density at radius 3 is 2.00 bits per heavy atom. The Kier molecular flexibility index (Phi) is 7.68. The van der Waals surface area contributed by atoms with E-state index < -0.39 is 0 Å². The van der Waals surface area contributed by atoms with Gasteiger partial charge < -0.3 is 10.6 Å². The van der Waals surface area contributed by atoms with E-state index in [-0.39, 0.29) is 17.7 Å². The molecule has 4 heteroatoms. The van der Waals surface area contributed by atoms with Crippen LogP contribution in [0.1, 0.15) is 40.0 Å². The van der Waals surface area contributed by atoms with Crippen LogP contribution in [-0.4, -0.2) is 24.9 Å². The maximum absolute atomic E-state index is 11.5. The van der Waals surface area contributed by atoms with E-state index in [0.717, 1.165) is 12.8 Å². The fourth-order valence-corrected chi connectivity index (χ4v) is 1.32. The fourth-order valence-electron chi connectivity index (χ4n) is 1.32. The Morgan fingerprint density at radius 2 is 1.53 bits per heavy atom. The van der Waals surface area contributed by atoms with Gasteiger partial charge in [0.2, 0.25) is 11.8 Å². The predicted octanol–water partition coefficient (Wildman–Crippen LogP) is 1.06. The first-order chi connectivity index (χ1) is 7.15. The summed E-state index contributed by atoms with van der Waals surface area (Å²) in [5, 5.41) is 5.52. The van der Waals surface area contributed by atoms with Crippen LogP contribution in [0.3, 0.4) is 0 Å². The van der Waals surface area contributed by atoms with E-state index in [9.17, 15) is 9.59 Å². The Hall–Kier alpha value is -1.06. The third-order valence-electron chi connectivity index (χ3n) is 2.42. The van der Waals surface area contributed by atoms with Gasteiger partial charge >= 0.3 is 0 Å². The molecule has 0 radical (unpaired) electrons. The molecule has 0 rings (SSSR count). The standard InChI is InChI=1S/C11H22N2O2/c1-4-9(5-2)11(15)13-8-7-12-10(14)6-3/h9H,4-8H2,1-3H3,(H,12,14)(H,13,15). The van der Waals surface area contributed by atoms with Crippen LogP contribution in [0.25, 0.3) is 0 Å². The minimum Gasteiger partial charge on any atom is -0.354 e. The quantitative estimate of drug-likeness (QED) is 0.623. The average Bonchev–Trinajstić information content (AvgIpc) is 2.25. The van der Waals surface area contributed by atoms with Gasteiger partial charge in [-0.05, 0) is 12.8 Å². The number of hydrogen-bond acceptors (Lipinski definition) is 2. The van der Waals surface area contributed by atoms with Crippen LogP contribution >= 0.6 is 0 Å². The van der Waals surface area contributed by atoms with Crippen molar-refractivity contribution in [3.05, 3.63) is 0 Å². The Balaban J connectivity index is 3.58. The Bertz CT molecular complexity index is 201. The second-order valence-corrected chi connectivity index (χ2v) is 3.51. The lowest BCUT2D eigenvalue weighted by atomic mass is 10.0. The molecular weight excluding hydrogens is 192 g/mol. The van der Waals surface area contributed by atoms with Crippen LogP contribution in [0.4, 0.5) is 0 Å². The molecule has 0 aromatic heterocycles. The average molecular weight is 214 g/mol. The second kappa shape index (κ2) is 8.26. The molecule has 0 aliphatic rings. The lowest BCUT2D eigenvalue weighted by Crippen LogP contribution is -2.37. The van der Waals surface area contributed by atoms with Gasteiger partial charge in [0.25, 0.3) is 0 Å². The van der Waals surface area contributed by atoms with Gasteiger partial charge in [0.15, 0.2) is 0 Å². The van der Waals surface area contributed by atoms with E-state index in [2.05, 4.69) is 10.6 Å². The summed E-state index contributed by atoms with van der Waals surface area (Å²) in [7, 11) is 0. The molecule has 0 bridgehead atoms. The van der Waals surface area contributed by atoms with Gasteiger partial charge in [-0.15, -0.1) is 0 Å². The van der Waals surface area contributed by atoms with Crippen molar-refractivity contribution < 1.29 is 9.59 Å². The number of amides is 2. The molecule has 88 valence electrons. The molecule has 2 N–H and O–H groups in total. The van der Waals surface area contributed by atoms with Crippen molar-refractivity contribution in [2.24, 2.45) is 5.92 Å². The summed E-state index contributed by atoms with van der Waals surface area (Å²) in [4.78, 5) is 22.4. The molecule has 0 aliphatic carbocycles. The van der Waals surface area contributed by atoms with Crippen molar-refractivity contribution in [1.82, 2.24) is 10.6 Å². The van der Waals surface area contributed by atoms with Crippen LogP contribution in [-0.2, 0) is 9.59 Å². The molecule has 0 saturated carbocycles. The van der Waals surface area contributed by atoms with Crippen molar-refractivity contribution in [1.29, 1.82) is 0 Å². The molecule has 0 spiro atoms. The largest absolute Gasteiger partial charge is 0.354 e. The highest BCUT2D eigenvalue weighted by Crippen LogP contribution is 2.06. The number of carbonyl (C=O) groups is 2. The van der Waals surface area contributed by atoms with Crippen LogP contribution in [0.15, 0.2) is 0 Å². The van der Waals surface area contributed by atoms with Gasteiger partial charge in [-0.1, -0.05) is 20.8 Å². The molecule has 2 amide bonds. The van der Waals surface area contributed by atoms with E-state index >= 15 is 0 Å². The van der Waals surface area contributed by atoms with Gasteiger partial charge in [0, 0.05) is 25.4 Å². The lowest BCUT2D eigenvalue weighted by molar-refractivity contribution is -0.125. The summed E-state index contributed by atoms with van der Waals surface area (Å²) in [5.74, 6) is 0.212. The molecule has 0 aliphatic heterocycles. The second-order valence-electron chi connectivity index (χ2n) is 3.51. The molecule has 15 heavy (non-hydrogen) atoms. The lowest BCUT2D eigenvalue weighted by Gasteiger charge is -2.12. The Morgan fingerprint density at radius 1 is 1.00 bits per heavy atom. The first-order valence-corrected chi connectivity index (χ1v) is 5.70. The zero-order valence-electron chi connectivity index (χ0n) is 9.93. The SMILES string of the molecule is CCC(=O)NCCNC(=O)C(CC)CC. The van der Waals surface area contributed by atoms with E-state index in [1.165, 1.54) is 0 Å². The highest BCUT2D eigenvalue weighted by atomic mass is 16.2. The molecule has 0 heterocycles. The first kappa shape index (κ1) is 13.9. The molecule has 0 saturated heterocycles. The molecule has 4 nitrogen and oxygen atoms in total. The molecule has 0 fully saturated rings. The highest BCUT2D eigenvalue weighted by Gasteiger charge is 2.12. The minimum atomic E-state index is 0.0202. The van der Waals surface area contributed by atoms with Gasteiger partial charge in [-0.2, -0.15) is 0 Å². The van der Waals surface area contributed by atoms with Gasteiger partial charge in [0.05, 0.1) is 0 Å². The maximum Gasteiger partial charge on any atom is 0.223 e. The minimum absolute atomic E-state index is 0.0202. The predicted molar refractivity (Wildman–Crippen MR) is 60.4 cm³/mol. The van der Waals surface area contributed by atoms with Gasteiger partial charge in [0.1, 0.15) is 0 Å². The van der Waals surface area contributed by atoms with Crippen LogP contribution < -0.4 is 10.6 Å². The highest BCUT2D eigenvalue weighted by molar-refractivity contribution is 5.78. The van der Waals surface area contributed by atoms with Crippen molar-refractivity contribution in [3.8, 4) is 0 Å². The molecule has 0 atom stereocenters. The molecular formula is C11H22N2O2. The number of nitrogens with one attached hydrogen (secondary N) is 2. The van der Waals surface area contributed by atoms with Crippen LogP contribution in [0, 0.1) is 5.92 Å². The molecule has 0 aromatic rings. The fraction of sp³-hybridized carbons (Fsp3) is 0.818. The Labute approximate surface area is 91.8 Å². The number of carbonyl (C=O) groups excluding carboxylic acids is 2. The maximum atomic E-state index is 11.5. The van der Waals surface area contributed by atoms with E-state index in [1.807, 2.05) is 13.8 Å². The van der Waals surface area contributed by atoms with Crippen LogP contribution in [0.2, 0.25) is 0 Å². The van der Waals surface area contributed by atoms with E-state index in [0.29, 0.717) is 19.5 Å². The van der Waals surface area contributed by atoms with E-state index in [4.69, 9.17) is 0 Å². The topological polar surface area (TPSA) is 58.2 Å². The summed E-state index contributed by atoms with van der Waals surface area (Å²) >= 11 is 0. The zero-order valence-corrected chi connectivity index (χ0v) is 9.93. The van der Waals surface area contributed by atoms with Crippen LogP contribution in [0.5, 0.6) is 0 Å². The first-order valence-electron chi connectivity index (χ1n) is 5.70. The van der Waals surface area contributed by atoms with E-state index in [1.54, 1.807) is 6.92 Å². The third kappa shape index (κ3) is 6.10. The van der Waals surface area contributed by atoms with Crippen molar-refractivity contribution >= 4 is 11.8 Å².